The van der Waals surface area contributed by atoms with Crippen molar-refractivity contribution < 1.29 is 23.5 Å². The summed E-state index contributed by atoms with van der Waals surface area (Å²) >= 11 is 0. The number of rotatable bonds is 6. The van der Waals surface area contributed by atoms with Gasteiger partial charge < -0.3 is 10.1 Å². The van der Waals surface area contributed by atoms with E-state index >= 15 is 0 Å². The molecule has 0 saturated heterocycles. The lowest BCUT2D eigenvalue weighted by Gasteiger charge is -2.06. The normalized spacial score (nSPS) is 10.1. The first kappa shape index (κ1) is 17.3. The fraction of sp³-hybridized carbons (Fsp3) is 0.167. The maximum Gasteiger partial charge on any atom is 0.341 e. The standard InChI is InChI=1S/C18H16FNO4/c1-12(21)20-10-13-6-8-14(9-7-13)17(22)11-24-18(23)15-4-2-3-5-16(15)19/h2-9H,10-11H2,1H3,(H,20,21). The first-order valence-electron chi connectivity index (χ1n) is 7.25. The van der Waals surface area contributed by atoms with Crippen molar-refractivity contribution in [1.29, 1.82) is 0 Å². The molecule has 0 saturated carbocycles. The second-order valence-electron chi connectivity index (χ2n) is 5.09. The molecule has 124 valence electrons. The van der Waals surface area contributed by atoms with E-state index in [1.165, 1.54) is 25.1 Å². The Morgan fingerprint density at radius 1 is 1.04 bits per heavy atom. The van der Waals surface area contributed by atoms with Gasteiger partial charge in [0.05, 0.1) is 5.56 Å². The van der Waals surface area contributed by atoms with E-state index in [0.717, 1.165) is 11.6 Å². The molecule has 5 nitrogen and oxygen atoms in total. The summed E-state index contributed by atoms with van der Waals surface area (Å²) in [6.45, 7) is 1.31. The van der Waals surface area contributed by atoms with Crippen LogP contribution in [0.2, 0.25) is 0 Å². The minimum Gasteiger partial charge on any atom is -0.454 e. The van der Waals surface area contributed by atoms with Crippen LogP contribution in [0.15, 0.2) is 48.5 Å². The average molecular weight is 329 g/mol. The molecule has 0 aliphatic carbocycles. The van der Waals surface area contributed by atoms with Crippen molar-refractivity contribution in [2.45, 2.75) is 13.5 Å². The second-order valence-corrected chi connectivity index (χ2v) is 5.09. The Labute approximate surface area is 138 Å². The number of amides is 1. The van der Waals surface area contributed by atoms with E-state index in [4.69, 9.17) is 4.74 Å². The zero-order chi connectivity index (χ0) is 17.5. The lowest BCUT2D eigenvalue weighted by atomic mass is 10.1. The number of carbonyl (C=O) groups is 3. The number of ether oxygens (including phenoxy) is 1. The van der Waals surface area contributed by atoms with Crippen LogP contribution < -0.4 is 5.32 Å². The van der Waals surface area contributed by atoms with E-state index in [9.17, 15) is 18.8 Å². The molecule has 1 amide bonds. The van der Waals surface area contributed by atoms with E-state index in [1.54, 1.807) is 24.3 Å². The number of benzene rings is 2. The second kappa shape index (κ2) is 8.01. The lowest BCUT2D eigenvalue weighted by molar-refractivity contribution is -0.119. The Balaban J connectivity index is 1.91. The highest BCUT2D eigenvalue weighted by Crippen LogP contribution is 2.09. The highest BCUT2D eigenvalue weighted by atomic mass is 19.1. The van der Waals surface area contributed by atoms with Crippen molar-refractivity contribution in [3.8, 4) is 0 Å². The molecule has 2 rings (SSSR count). The summed E-state index contributed by atoms with van der Waals surface area (Å²) in [6.07, 6.45) is 0. The fourth-order valence-corrected chi connectivity index (χ4v) is 1.95. The molecule has 24 heavy (non-hydrogen) atoms. The van der Waals surface area contributed by atoms with Crippen molar-refractivity contribution in [2.75, 3.05) is 6.61 Å². The van der Waals surface area contributed by atoms with Gasteiger partial charge in [0, 0.05) is 19.0 Å². The molecule has 6 heteroatoms. The Morgan fingerprint density at radius 2 is 1.71 bits per heavy atom. The molecular formula is C18H16FNO4. The van der Waals surface area contributed by atoms with Crippen LogP contribution in [0, 0.1) is 5.82 Å². The molecule has 0 unspecified atom stereocenters. The molecule has 0 aromatic heterocycles. The molecule has 0 aliphatic rings. The van der Waals surface area contributed by atoms with Crippen molar-refractivity contribution in [3.63, 3.8) is 0 Å². The number of esters is 1. The summed E-state index contributed by atoms with van der Waals surface area (Å²) < 4.78 is 18.3. The van der Waals surface area contributed by atoms with Gasteiger partial charge in [-0.05, 0) is 17.7 Å². The first-order chi connectivity index (χ1) is 11.5. The molecule has 0 fully saturated rings. The van der Waals surface area contributed by atoms with Crippen LogP contribution in [0.4, 0.5) is 4.39 Å². The maximum absolute atomic E-state index is 13.4. The summed E-state index contributed by atoms with van der Waals surface area (Å²) in [4.78, 5) is 34.6. The number of hydrogen-bond donors (Lipinski definition) is 1. The van der Waals surface area contributed by atoms with Crippen LogP contribution in [0.3, 0.4) is 0 Å². The van der Waals surface area contributed by atoms with Crippen LogP contribution in [-0.2, 0) is 16.1 Å². The SMILES string of the molecule is CC(=O)NCc1ccc(C(=O)COC(=O)c2ccccc2F)cc1. The lowest BCUT2D eigenvalue weighted by Crippen LogP contribution is -2.19. The fourth-order valence-electron chi connectivity index (χ4n) is 1.95. The van der Waals surface area contributed by atoms with Crippen molar-refractivity contribution in [2.24, 2.45) is 0 Å². The molecule has 2 aromatic rings. The number of carbonyl (C=O) groups excluding carboxylic acids is 3. The van der Waals surface area contributed by atoms with Crippen molar-refractivity contribution in [3.05, 3.63) is 71.0 Å². The highest BCUT2D eigenvalue weighted by Gasteiger charge is 2.15. The smallest absolute Gasteiger partial charge is 0.341 e. The maximum atomic E-state index is 13.4. The number of hydrogen-bond acceptors (Lipinski definition) is 4. The molecule has 0 radical (unpaired) electrons. The van der Waals surface area contributed by atoms with Gasteiger partial charge in [0.15, 0.2) is 12.4 Å². The first-order valence-corrected chi connectivity index (χ1v) is 7.25. The van der Waals surface area contributed by atoms with Gasteiger partial charge in [-0.2, -0.15) is 0 Å². The predicted molar refractivity (Wildman–Crippen MR) is 85.0 cm³/mol. The zero-order valence-electron chi connectivity index (χ0n) is 13.0. The molecular weight excluding hydrogens is 313 g/mol. The Kier molecular flexibility index (Phi) is 5.78. The minimum absolute atomic E-state index is 0.143. The van der Waals surface area contributed by atoms with Gasteiger partial charge in [-0.15, -0.1) is 0 Å². The summed E-state index contributed by atoms with van der Waals surface area (Å²) in [5.74, 6) is -2.12. The van der Waals surface area contributed by atoms with E-state index in [-0.39, 0.29) is 11.5 Å². The van der Waals surface area contributed by atoms with Crippen LogP contribution in [0.5, 0.6) is 0 Å². The van der Waals surface area contributed by atoms with Crippen LogP contribution in [0.25, 0.3) is 0 Å². The van der Waals surface area contributed by atoms with Crippen LogP contribution in [0.1, 0.15) is 33.2 Å². The highest BCUT2D eigenvalue weighted by molar-refractivity contribution is 5.99. The van der Waals surface area contributed by atoms with Gasteiger partial charge in [0.25, 0.3) is 0 Å². The minimum atomic E-state index is -0.885. The Morgan fingerprint density at radius 3 is 2.33 bits per heavy atom. The molecule has 2 aromatic carbocycles. The van der Waals surface area contributed by atoms with Crippen LogP contribution >= 0.6 is 0 Å². The molecule has 0 spiro atoms. The summed E-state index contributed by atoms with van der Waals surface area (Å²) in [6, 6.07) is 12.0. The van der Waals surface area contributed by atoms with Gasteiger partial charge in [-0.3, -0.25) is 9.59 Å². The van der Waals surface area contributed by atoms with Gasteiger partial charge >= 0.3 is 5.97 Å². The van der Waals surface area contributed by atoms with Gasteiger partial charge in [-0.1, -0.05) is 36.4 Å². The Bertz CT molecular complexity index is 756. The van der Waals surface area contributed by atoms with E-state index < -0.39 is 24.2 Å². The molecule has 0 heterocycles. The molecule has 0 aliphatic heterocycles. The van der Waals surface area contributed by atoms with Crippen molar-refractivity contribution >= 4 is 17.7 Å². The molecule has 0 bridgehead atoms. The number of nitrogens with one attached hydrogen (secondary N) is 1. The Hall–Kier alpha value is -3.02. The third-order valence-electron chi connectivity index (χ3n) is 3.25. The monoisotopic (exact) mass is 329 g/mol. The van der Waals surface area contributed by atoms with Gasteiger partial charge in [0.1, 0.15) is 5.82 Å². The molecule has 1 N–H and O–H groups in total. The number of ketones is 1. The summed E-state index contributed by atoms with van der Waals surface area (Å²) in [5.41, 5.74) is 0.990. The summed E-state index contributed by atoms with van der Waals surface area (Å²) in [7, 11) is 0. The third-order valence-corrected chi connectivity index (χ3v) is 3.25. The quantitative estimate of drug-likeness (QED) is 0.653. The summed E-state index contributed by atoms with van der Waals surface area (Å²) in [5, 5.41) is 2.65. The topological polar surface area (TPSA) is 72.5 Å². The van der Waals surface area contributed by atoms with Crippen LogP contribution in [-0.4, -0.2) is 24.3 Å². The molecule has 0 atom stereocenters. The largest absolute Gasteiger partial charge is 0.454 e. The van der Waals surface area contributed by atoms with Gasteiger partial charge in [-0.25, -0.2) is 9.18 Å². The van der Waals surface area contributed by atoms with E-state index in [0.29, 0.717) is 12.1 Å². The zero-order valence-corrected chi connectivity index (χ0v) is 13.0. The van der Waals surface area contributed by atoms with E-state index in [1.807, 2.05) is 0 Å². The average Bonchev–Trinajstić information content (AvgIpc) is 2.58. The number of halogens is 1. The predicted octanol–water partition coefficient (Wildman–Crippen LogP) is 2.50. The number of Topliss-reactive ketones (excluding diaryl/α,β-unsaturated/α-hetero) is 1. The third kappa shape index (κ3) is 4.74. The van der Waals surface area contributed by atoms with Gasteiger partial charge in [0.2, 0.25) is 5.91 Å². The van der Waals surface area contributed by atoms with E-state index in [2.05, 4.69) is 5.32 Å². The van der Waals surface area contributed by atoms with Crippen molar-refractivity contribution in [1.82, 2.24) is 5.32 Å².